The van der Waals surface area contributed by atoms with Gasteiger partial charge in [0, 0.05) is 25.6 Å². The standard InChI is InChI=1S/C20H31FN4O/c1-2-22-20(23-13-11-16-7-6-8-17(21)15-16)24-14-12-19(26)25-18-9-4-3-5-10-18/h6-8,15,18H,2-5,9-14H2,1H3,(H,25,26)(H2,22,23,24). The third kappa shape index (κ3) is 7.85. The van der Waals surface area contributed by atoms with Crippen molar-refractivity contribution in [2.45, 2.75) is 57.9 Å². The van der Waals surface area contributed by atoms with Gasteiger partial charge in [-0.2, -0.15) is 0 Å². The summed E-state index contributed by atoms with van der Waals surface area (Å²) in [5, 5.41) is 9.51. The predicted molar refractivity (Wildman–Crippen MR) is 104 cm³/mol. The van der Waals surface area contributed by atoms with Crippen LogP contribution in [0.1, 0.15) is 51.0 Å². The Bertz CT molecular complexity index is 585. The summed E-state index contributed by atoms with van der Waals surface area (Å²) in [7, 11) is 0. The summed E-state index contributed by atoms with van der Waals surface area (Å²) in [6.45, 7) is 3.86. The van der Waals surface area contributed by atoms with E-state index in [1.54, 1.807) is 12.1 Å². The molecule has 0 saturated heterocycles. The predicted octanol–water partition coefficient (Wildman–Crippen LogP) is 2.76. The monoisotopic (exact) mass is 362 g/mol. The summed E-state index contributed by atoms with van der Waals surface area (Å²) in [6, 6.07) is 6.96. The van der Waals surface area contributed by atoms with Crippen LogP contribution < -0.4 is 16.0 Å². The van der Waals surface area contributed by atoms with Gasteiger partial charge >= 0.3 is 0 Å². The summed E-state index contributed by atoms with van der Waals surface area (Å²) >= 11 is 0. The quantitative estimate of drug-likeness (QED) is 0.492. The zero-order valence-corrected chi connectivity index (χ0v) is 15.7. The second-order valence-electron chi connectivity index (χ2n) is 6.72. The Morgan fingerprint density at radius 1 is 1.23 bits per heavy atom. The molecule has 1 saturated carbocycles. The molecule has 3 N–H and O–H groups in total. The number of amides is 1. The number of rotatable bonds is 8. The van der Waals surface area contributed by atoms with Gasteiger partial charge in [0.15, 0.2) is 5.96 Å². The fraction of sp³-hybridized carbons (Fsp3) is 0.600. The van der Waals surface area contributed by atoms with E-state index < -0.39 is 0 Å². The molecule has 0 spiro atoms. The highest BCUT2D eigenvalue weighted by molar-refractivity contribution is 5.80. The largest absolute Gasteiger partial charge is 0.357 e. The third-order valence-corrected chi connectivity index (χ3v) is 4.52. The lowest BCUT2D eigenvalue weighted by atomic mass is 9.95. The van der Waals surface area contributed by atoms with E-state index in [9.17, 15) is 9.18 Å². The van der Waals surface area contributed by atoms with Crippen LogP contribution in [-0.2, 0) is 11.2 Å². The van der Waals surface area contributed by atoms with Crippen molar-refractivity contribution in [3.8, 4) is 0 Å². The number of guanidine groups is 1. The topological polar surface area (TPSA) is 65.5 Å². The van der Waals surface area contributed by atoms with E-state index in [4.69, 9.17) is 0 Å². The molecule has 1 fully saturated rings. The summed E-state index contributed by atoms with van der Waals surface area (Å²) in [5.41, 5.74) is 0.945. The maximum Gasteiger partial charge on any atom is 0.222 e. The van der Waals surface area contributed by atoms with E-state index in [0.717, 1.165) is 24.9 Å². The van der Waals surface area contributed by atoms with Crippen LogP contribution in [0, 0.1) is 5.82 Å². The van der Waals surface area contributed by atoms with Crippen LogP contribution in [0.5, 0.6) is 0 Å². The van der Waals surface area contributed by atoms with Gasteiger partial charge in [0.25, 0.3) is 0 Å². The third-order valence-electron chi connectivity index (χ3n) is 4.52. The fourth-order valence-electron chi connectivity index (χ4n) is 3.18. The number of aliphatic imine (C=N–C) groups is 1. The van der Waals surface area contributed by atoms with Gasteiger partial charge < -0.3 is 16.0 Å². The number of carbonyl (C=O) groups is 1. The molecule has 5 nitrogen and oxygen atoms in total. The fourth-order valence-corrected chi connectivity index (χ4v) is 3.18. The molecule has 0 bridgehead atoms. The Morgan fingerprint density at radius 2 is 2.04 bits per heavy atom. The second kappa shape index (κ2) is 11.5. The van der Waals surface area contributed by atoms with Crippen LogP contribution in [-0.4, -0.2) is 37.5 Å². The Kier molecular flexibility index (Phi) is 8.93. The van der Waals surface area contributed by atoms with E-state index in [2.05, 4.69) is 20.9 Å². The average molecular weight is 362 g/mol. The molecule has 6 heteroatoms. The smallest absolute Gasteiger partial charge is 0.222 e. The van der Waals surface area contributed by atoms with Gasteiger partial charge in [0.05, 0.1) is 6.54 Å². The molecule has 0 aliphatic heterocycles. The average Bonchev–Trinajstić information content (AvgIpc) is 2.62. The molecule has 0 aromatic heterocycles. The molecule has 1 aromatic rings. The van der Waals surface area contributed by atoms with E-state index in [-0.39, 0.29) is 11.7 Å². The SMILES string of the molecule is CCNC(=NCCC(=O)NC1CCCCC1)NCCc1cccc(F)c1. The maximum atomic E-state index is 13.2. The van der Waals surface area contributed by atoms with Gasteiger partial charge in [-0.05, 0) is 43.9 Å². The van der Waals surface area contributed by atoms with Crippen LogP contribution in [0.25, 0.3) is 0 Å². The lowest BCUT2D eigenvalue weighted by Gasteiger charge is -2.22. The molecule has 1 aliphatic carbocycles. The minimum Gasteiger partial charge on any atom is -0.357 e. The van der Waals surface area contributed by atoms with Crippen LogP contribution in [0.15, 0.2) is 29.3 Å². The van der Waals surface area contributed by atoms with Gasteiger partial charge in [0.2, 0.25) is 5.91 Å². The summed E-state index contributed by atoms with van der Waals surface area (Å²) in [5.74, 6) is 0.553. The molecule has 0 heterocycles. The van der Waals surface area contributed by atoms with Gasteiger partial charge in [-0.3, -0.25) is 9.79 Å². The minimum absolute atomic E-state index is 0.0799. The van der Waals surface area contributed by atoms with Gasteiger partial charge in [-0.1, -0.05) is 31.4 Å². The number of hydrogen-bond donors (Lipinski definition) is 3. The Labute approximate surface area is 155 Å². The van der Waals surface area contributed by atoms with E-state index >= 15 is 0 Å². The summed E-state index contributed by atoms with van der Waals surface area (Å²) in [4.78, 5) is 16.5. The highest BCUT2D eigenvalue weighted by atomic mass is 19.1. The van der Waals surface area contributed by atoms with Crippen molar-refractivity contribution in [3.63, 3.8) is 0 Å². The maximum absolute atomic E-state index is 13.2. The highest BCUT2D eigenvalue weighted by Crippen LogP contribution is 2.17. The first-order chi connectivity index (χ1) is 12.7. The highest BCUT2D eigenvalue weighted by Gasteiger charge is 2.15. The number of benzene rings is 1. The van der Waals surface area contributed by atoms with E-state index in [1.165, 1.54) is 25.3 Å². The van der Waals surface area contributed by atoms with Crippen LogP contribution in [0.3, 0.4) is 0 Å². The Balaban J connectivity index is 1.70. The molecular formula is C20H31FN4O. The zero-order chi connectivity index (χ0) is 18.6. The van der Waals surface area contributed by atoms with Crippen molar-refractivity contribution in [3.05, 3.63) is 35.6 Å². The molecule has 144 valence electrons. The first-order valence-electron chi connectivity index (χ1n) is 9.73. The van der Waals surface area contributed by atoms with Crippen LogP contribution in [0.4, 0.5) is 4.39 Å². The number of halogens is 1. The number of nitrogens with zero attached hydrogens (tertiary/aromatic N) is 1. The summed E-state index contributed by atoms with van der Waals surface area (Å²) in [6.07, 6.45) is 7.01. The lowest BCUT2D eigenvalue weighted by Crippen LogP contribution is -2.39. The molecular weight excluding hydrogens is 331 g/mol. The molecule has 1 aliphatic rings. The van der Waals surface area contributed by atoms with Crippen molar-refractivity contribution in [1.82, 2.24) is 16.0 Å². The molecule has 0 unspecified atom stereocenters. The van der Waals surface area contributed by atoms with Crippen LogP contribution >= 0.6 is 0 Å². The zero-order valence-electron chi connectivity index (χ0n) is 15.7. The van der Waals surface area contributed by atoms with Crippen molar-refractivity contribution in [1.29, 1.82) is 0 Å². The summed E-state index contributed by atoms with van der Waals surface area (Å²) < 4.78 is 13.2. The van der Waals surface area contributed by atoms with E-state index in [1.807, 2.05) is 13.0 Å². The second-order valence-corrected chi connectivity index (χ2v) is 6.72. The number of carbonyl (C=O) groups excluding carboxylic acids is 1. The molecule has 0 atom stereocenters. The lowest BCUT2D eigenvalue weighted by molar-refractivity contribution is -0.121. The van der Waals surface area contributed by atoms with E-state index in [0.29, 0.717) is 37.9 Å². The molecule has 26 heavy (non-hydrogen) atoms. The molecule has 2 rings (SSSR count). The first-order valence-corrected chi connectivity index (χ1v) is 9.73. The number of hydrogen-bond acceptors (Lipinski definition) is 2. The van der Waals surface area contributed by atoms with Crippen molar-refractivity contribution in [2.24, 2.45) is 4.99 Å². The van der Waals surface area contributed by atoms with Crippen molar-refractivity contribution in [2.75, 3.05) is 19.6 Å². The van der Waals surface area contributed by atoms with Crippen molar-refractivity contribution < 1.29 is 9.18 Å². The van der Waals surface area contributed by atoms with Gasteiger partial charge in [-0.15, -0.1) is 0 Å². The van der Waals surface area contributed by atoms with Crippen LogP contribution in [0.2, 0.25) is 0 Å². The molecule has 1 amide bonds. The van der Waals surface area contributed by atoms with Gasteiger partial charge in [0.1, 0.15) is 5.82 Å². The minimum atomic E-state index is -0.216. The first kappa shape index (κ1) is 20.2. The molecule has 0 radical (unpaired) electrons. The molecule has 1 aromatic carbocycles. The Hall–Kier alpha value is -2.11. The van der Waals surface area contributed by atoms with Gasteiger partial charge in [-0.25, -0.2) is 4.39 Å². The van der Waals surface area contributed by atoms with Crippen molar-refractivity contribution >= 4 is 11.9 Å². The Morgan fingerprint density at radius 3 is 2.77 bits per heavy atom. The normalized spacial score (nSPS) is 15.5. The number of nitrogens with one attached hydrogen (secondary N) is 3.